The van der Waals surface area contributed by atoms with Crippen LogP contribution < -0.4 is 0 Å². The van der Waals surface area contributed by atoms with Gasteiger partial charge < -0.3 is 15.1 Å². The van der Waals surface area contributed by atoms with Crippen LogP contribution in [0, 0.1) is 11.8 Å². The van der Waals surface area contributed by atoms with Gasteiger partial charge in [0.15, 0.2) is 5.65 Å². The number of amides is 1. The van der Waals surface area contributed by atoms with Crippen molar-refractivity contribution >= 4 is 43.8 Å². The molecule has 2 aliphatic rings. The summed E-state index contributed by atoms with van der Waals surface area (Å²) in [5, 5.41) is 26.2. The van der Waals surface area contributed by atoms with Crippen LogP contribution in [0.1, 0.15) is 37.9 Å². The molecule has 0 bridgehead atoms. The Morgan fingerprint density at radius 1 is 1.16 bits per heavy atom. The zero-order chi connectivity index (χ0) is 25.6. The summed E-state index contributed by atoms with van der Waals surface area (Å²) in [5.74, 6) is 1.27. The first-order valence-electron chi connectivity index (χ1n) is 12.8. The van der Waals surface area contributed by atoms with E-state index in [-0.39, 0.29) is 18.4 Å². The highest BCUT2D eigenvalue weighted by molar-refractivity contribution is 9.10. The van der Waals surface area contributed by atoms with Crippen LogP contribution in [0.3, 0.4) is 0 Å². The lowest BCUT2D eigenvalue weighted by Crippen LogP contribution is -2.49. The van der Waals surface area contributed by atoms with Gasteiger partial charge in [-0.3, -0.25) is 9.78 Å². The van der Waals surface area contributed by atoms with Gasteiger partial charge in [0.25, 0.3) is 0 Å². The summed E-state index contributed by atoms with van der Waals surface area (Å²) in [5.41, 5.74) is 1.53. The van der Waals surface area contributed by atoms with E-state index in [1.807, 2.05) is 40.0 Å². The molecular formula is C27H29BrN6O3. The number of fused-ring (bicyclic) bond motifs is 2. The Kier molecular flexibility index (Phi) is 6.42. The van der Waals surface area contributed by atoms with Gasteiger partial charge in [0.2, 0.25) is 5.91 Å². The largest absolute Gasteiger partial charge is 0.393 e. The maximum absolute atomic E-state index is 13.1. The van der Waals surface area contributed by atoms with E-state index >= 15 is 0 Å². The molecule has 2 N–H and O–H groups in total. The van der Waals surface area contributed by atoms with Crippen molar-refractivity contribution in [2.24, 2.45) is 11.8 Å². The predicted octanol–water partition coefficient (Wildman–Crippen LogP) is 3.43. The van der Waals surface area contributed by atoms with E-state index in [0.29, 0.717) is 42.9 Å². The molecular weight excluding hydrogens is 536 g/mol. The number of aliphatic hydroxyl groups excluding tert-OH is 1. The van der Waals surface area contributed by atoms with E-state index < -0.39 is 5.60 Å². The number of halogens is 1. The lowest BCUT2D eigenvalue weighted by molar-refractivity contribution is -0.141. The monoisotopic (exact) mass is 564 g/mol. The Balaban J connectivity index is 1.17. The third kappa shape index (κ3) is 4.73. The molecule has 0 unspecified atom stereocenters. The first kappa shape index (κ1) is 24.4. The number of carbonyl (C=O) groups excluding carboxylic acids is 1. The van der Waals surface area contributed by atoms with Gasteiger partial charge in [0, 0.05) is 43.2 Å². The molecule has 1 saturated carbocycles. The molecule has 2 fully saturated rings. The number of hydrogen-bond acceptors (Lipinski definition) is 7. The zero-order valence-electron chi connectivity index (χ0n) is 20.4. The van der Waals surface area contributed by atoms with Gasteiger partial charge in [-0.05, 0) is 78.2 Å². The van der Waals surface area contributed by atoms with Crippen molar-refractivity contribution in [1.29, 1.82) is 0 Å². The van der Waals surface area contributed by atoms with Crippen molar-refractivity contribution in [2.45, 2.75) is 44.1 Å². The number of rotatable bonds is 5. The Morgan fingerprint density at radius 3 is 2.81 bits per heavy atom. The topological polar surface area (TPSA) is 117 Å². The van der Waals surface area contributed by atoms with Gasteiger partial charge in [-0.15, -0.1) is 0 Å². The fourth-order valence-electron chi connectivity index (χ4n) is 5.68. The smallest absolute Gasteiger partial charge is 0.225 e. The van der Waals surface area contributed by atoms with Gasteiger partial charge in [-0.1, -0.05) is 6.07 Å². The molecule has 1 aliphatic heterocycles. The van der Waals surface area contributed by atoms with Crippen molar-refractivity contribution in [3.05, 3.63) is 53.2 Å². The van der Waals surface area contributed by atoms with Gasteiger partial charge in [0.05, 0.1) is 28.8 Å². The number of pyridine rings is 1. The van der Waals surface area contributed by atoms with Crippen LogP contribution in [0.4, 0.5) is 0 Å². The van der Waals surface area contributed by atoms with Crippen molar-refractivity contribution in [2.75, 3.05) is 19.7 Å². The molecule has 1 amide bonds. The summed E-state index contributed by atoms with van der Waals surface area (Å²) in [7, 11) is 0. The molecule has 2 atom stereocenters. The van der Waals surface area contributed by atoms with Crippen molar-refractivity contribution in [1.82, 2.24) is 29.6 Å². The molecule has 37 heavy (non-hydrogen) atoms. The van der Waals surface area contributed by atoms with Crippen LogP contribution in [-0.4, -0.2) is 71.1 Å². The highest BCUT2D eigenvalue weighted by Gasteiger charge is 2.38. The van der Waals surface area contributed by atoms with E-state index in [1.54, 1.807) is 6.20 Å². The lowest BCUT2D eigenvalue weighted by Gasteiger charge is -2.38. The normalized spacial score (nSPS) is 21.6. The summed E-state index contributed by atoms with van der Waals surface area (Å²) in [6.07, 6.45) is 7.82. The van der Waals surface area contributed by atoms with Crippen LogP contribution in [0.2, 0.25) is 0 Å². The Hall–Kier alpha value is -2.95. The number of hydrogen-bond donors (Lipinski definition) is 2. The molecule has 0 radical (unpaired) electrons. The summed E-state index contributed by atoms with van der Waals surface area (Å²) in [6.45, 7) is 0.750. The van der Waals surface area contributed by atoms with Crippen molar-refractivity contribution in [3.8, 4) is 5.69 Å². The third-order valence-corrected chi connectivity index (χ3v) is 8.51. The number of benzene rings is 1. The fourth-order valence-corrected chi connectivity index (χ4v) is 6.12. The Morgan fingerprint density at radius 2 is 2.00 bits per heavy atom. The average molecular weight is 565 g/mol. The first-order chi connectivity index (χ1) is 17.9. The molecule has 9 nitrogen and oxygen atoms in total. The fraction of sp³-hybridized carbons (Fsp3) is 0.444. The lowest BCUT2D eigenvalue weighted by atomic mass is 9.91. The van der Waals surface area contributed by atoms with Crippen LogP contribution in [0.5, 0.6) is 0 Å². The number of aromatic nitrogens is 5. The molecule has 192 valence electrons. The third-order valence-electron chi connectivity index (χ3n) is 7.92. The summed E-state index contributed by atoms with van der Waals surface area (Å²) in [6, 6.07) is 9.98. The summed E-state index contributed by atoms with van der Waals surface area (Å²) >= 11 is 3.55. The molecule has 6 rings (SSSR count). The van der Waals surface area contributed by atoms with Crippen LogP contribution in [0.15, 0.2) is 47.3 Å². The maximum atomic E-state index is 13.1. The van der Waals surface area contributed by atoms with Gasteiger partial charge >= 0.3 is 0 Å². The molecule has 10 heteroatoms. The number of carbonyl (C=O) groups is 1. The SMILES string of the molecule is O=C([C@@H]1CC[C@@H](Cc2ncc3c(Br)nn(-c4ccc5ncccc5c4)c3n2)C1)N1CCC(O)(CO)CC1. The summed E-state index contributed by atoms with van der Waals surface area (Å²) in [4.78, 5) is 28.9. The second kappa shape index (κ2) is 9.74. The molecule has 4 heterocycles. The average Bonchev–Trinajstić information content (AvgIpc) is 3.52. The van der Waals surface area contributed by atoms with E-state index in [0.717, 1.165) is 52.7 Å². The van der Waals surface area contributed by atoms with Crippen LogP contribution >= 0.6 is 15.9 Å². The van der Waals surface area contributed by atoms with Gasteiger partial charge in [0.1, 0.15) is 10.4 Å². The van der Waals surface area contributed by atoms with Crippen molar-refractivity contribution in [3.63, 3.8) is 0 Å². The first-order valence-corrected chi connectivity index (χ1v) is 13.6. The molecule has 1 aliphatic carbocycles. The van der Waals surface area contributed by atoms with E-state index in [4.69, 9.17) is 4.98 Å². The van der Waals surface area contributed by atoms with E-state index in [9.17, 15) is 15.0 Å². The number of piperidine rings is 1. The summed E-state index contributed by atoms with van der Waals surface area (Å²) < 4.78 is 2.53. The zero-order valence-corrected chi connectivity index (χ0v) is 22.0. The standard InChI is InChI=1S/C27H29BrN6O3/c28-24-21-15-30-23(31-25(21)34(32-24)20-5-6-22-18(14-20)2-1-9-29-22)13-17-3-4-19(12-17)26(36)33-10-7-27(37,16-35)8-11-33/h1-2,5-6,9,14-15,17,19,35,37H,3-4,7-8,10-13,16H2/t17-,19-/m1/s1. The van der Waals surface area contributed by atoms with Gasteiger partial charge in [-0.25, -0.2) is 14.6 Å². The number of aliphatic hydroxyl groups is 2. The van der Waals surface area contributed by atoms with Crippen LogP contribution in [-0.2, 0) is 11.2 Å². The molecule has 4 aromatic rings. The minimum Gasteiger partial charge on any atom is -0.393 e. The second-order valence-corrected chi connectivity index (χ2v) is 11.1. The number of likely N-dealkylation sites (tertiary alicyclic amines) is 1. The quantitative estimate of drug-likeness (QED) is 0.381. The molecule has 1 aromatic carbocycles. The highest BCUT2D eigenvalue weighted by atomic mass is 79.9. The maximum Gasteiger partial charge on any atom is 0.225 e. The predicted molar refractivity (Wildman–Crippen MR) is 142 cm³/mol. The minimum atomic E-state index is -1.05. The molecule has 0 spiro atoms. The van der Waals surface area contributed by atoms with E-state index in [2.05, 4.69) is 37.1 Å². The Labute approximate surface area is 222 Å². The highest BCUT2D eigenvalue weighted by Crippen LogP contribution is 2.35. The van der Waals surface area contributed by atoms with Crippen molar-refractivity contribution < 1.29 is 15.0 Å². The number of nitrogens with zero attached hydrogens (tertiary/aromatic N) is 6. The van der Waals surface area contributed by atoms with E-state index in [1.165, 1.54) is 0 Å². The second-order valence-electron chi connectivity index (χ2n) is 10.4. The molecule has 3 aromatic heterocycles. The van der Waals surface area contributed by atoms with Crippen LogP contribution in [0.25, 0.3) is 27.6 Å². The van der Waals surface area contributed by atoms with Gasteiger partial charge in [-0.2, -0.15) is 5.10 Å². The molecule has 1 saturated heterocycles. The Bertz CT molecular complexity index is 1470. The minimum absolute atomic E-state index is 0.0000628.